The van der Waals surface area contributed by atoms with Crippen LogP contribution >= 0.6 is 0 Å². The van der Waals surface area contributed by atoms with Gasteiger partial charge in [0.1, 0.15) is 11.6 Å². The summed E-state index contributed by atoms with van der Waals surface area (Å²) in [6.45, 7) is 2.40. The highest BCUT2D eigenvalue weighted by Crippen LogP contribution is 2.35. The van der Waals surface area contributed by atoms with Crippen LogP contribution in [0.5, 0.6) is 5.75 Å². The summed E-state index contributed by atoms with van der Waals surface area (Å²) in [6.07, 6.45) is 4.12. The molecular weight excluding hydrogens is 445 g/mol. The Bertz CT molecular complexity index is 1060. The minimum absolute atomic E-state index is 0.00149. The minimum atomic E-state index is -3.26. The first-order chi connectivity index (χ1) is 15.6. The first kappa shape index (κ1) is 25.1. The minimum Gasteiger partial charge on any atom is -0.497 e. The fraction of sp³-hybridized carbons (Fsp3) is 0.458. The number of hydrogen-bond acceptors (Lipinski definition) is 5. The molecule has 1 amide bonds. The standard InChI is InChI=1S/C24H32FN3O4S/c1-16(20-12-21(25)15-23(14-20)32-2)28-22-9-8-19(13-22)17-4-6-18(7-5-17)24(29)26-10-11-27-33(3,30)31/h4-7,12,14-16,19,22,27-28H,8-11,13H2,1-3H3,(H,26,29)/t16-,19-,22+/m1/s1. The Labute approximate surface area is 195 Å². The first-order valence-corrected chi connectivity index (χ1v) is 13.0. The van der Waals surface area contributed by atoms with E-state index in [9.17, 15) is 17.6 Å². The number of amides is 1. The number of methoxy groups -OCH3 is 1. The second-order valence-corrected chi connectivity index (χ2v) is 10.4. The van der Waals surface area contributed by atoms with E-state index >= 15 is 0 Å². The molecule has 3 rings (SSSR count). The maximum absolute atomic E-state index is 13.8. The lowest BCUT2D eigenvalue weighted by molar-refractivity contribution is 0.0954. The molecule has 2 aromatic carbocycles. The van der Waals surface area contributed by atoms with Crippen molar-refractivity contribution in [1.29, 1.82) is 0 Å². The molecule has 1 aliphatic carbocycles. The van der Waals surface area contributed by atoms with Crippen LogP contribution in [0.25, 0.3) is 0 Å². The molecule has 1 fully saturated rings. The van der Waals surface area contributed by atoms with E-state index in [1.54, 1.807) is 12.1 Å². The second-order valence-electron chi connectivity index (χ2n) is 8.56. The maximum atomic E-state index is 13.8. The quantitative estimate of drug-likeness (QED) is 0.457. The van der Waals surface area contributed by atoms with E-state index < -0.39 is 10.0 Å². The molecule has 0 spiro atoms. The zero-order chi connectivity index (χ0) is 24.0. The summed E-state index contributed by atoms with van der Waals surface area (Å²) in [5.74, 6) is 0.367. The molecule has 7 nitrogen and oxygen atoms in total. The van der Waals surface area contributed by atoms with Gasteiger partial charge < -0.3 is 15.4 Å². The topological polar surface area (TPSA) is 96.5 Å². The predicted molar refractivity (Wildman–Crippen MR) is 127 cm³/mol. The highest BCUT2D eigenvalue weighted by Gasteiger charge is 2.27. The van der Waals surface area contributed by atoms with Crippen LogP contribution in [0, 0.1) is 5.82 Å². The summed E-state index contributed by atoms with van der Waals surface area (Å²) in [4.78, 5) is 12.2. The fourth-order valence-corrected chi connectivity index (χ4v) is 4.73. The highest BCUT2D eigenvalue weighted by atomic mass is 32.2. The van der Waals surface area contributed by atoms with Crippen molar-refractivity contribution in [2.75, 3.05) is 26.5 Å². The van der Waals surface area contributed by atoms with Gasteiger partial charge in [0.15, 0.2) is 0 Å². The number of sulfonamides is 1. The van der Waals surface area contributed by atoms with Crippen molar-refractivity contribution in [3.63, 3.8) is 0 Å². The van der Waals surface area contributed by atoms with Crippen molar-refractivity contribution in [3.8, 4) is 5.75 Å². The van der Waals surface area contributed by atoms with Gasteiger partial charge in [-0.2, -0.15) is 0 Å². The van der Waals surface area contributed by atoms with Crippen LogP contribution < -0.4 is 20.1 Å². The molecule has 1 aliphatic rings. The van der Waals surface area contributed by atoms with Crippen molar-refractivity contribution in [3.05, 3.63) is 65.0 Å². The Morgan fingerprint density at radius 1 is 1.15 bits per heavy atom. The summed E-state index contributed by atoms with van der Waals surface area (Å²) in [7, 11) is -1.73. The molecule has 3 N–H and O–H groups in total. The van der Waals surface area contributed by atoms with E-state index in [0.717, 1.165) is 31.1 Å². The molecule has 0 heterocycles. The third kappa shape index (κ3) is 7.52. The lowest BCUT2D eigenvalue weighted by Gasteiger charge is -2.21. The van der Waals surface area contributed by atoms with Gasteiger partial charge in [0.2, 0.25) is 10.0 Å². The molecule has 33 heavy (non-hydrogen) atoms. The predicted octanol–water partition coefficient (Wildman–Crippen LogP) is 3.10. The van der Waals surface area contributed by atoms with Crippen LogP contribution in [-0.4, -0.2) is 46.8 Å². The molecule has 0 aromatic heterocycles. The van der Waals surface area contributed by atoms with E-state index in [-0.39, 0.29) is 30.9 Å². The summed E-state index contributed by atoms with van der Waals surface area (Å²) in [5, 5.41) is 6.31. The van der Waals surface area contributed by atoms with Crippen molar-refractivity contribution < 1.29 is 22.3 Å². The number of hydrogen-bond donors (Lipinski definition) is 3. The normalized spacial score (nSPS) is 19.3. The number of benzene rings is 2. The second kappa shape index (κ2) is 11.1. The van der Waals surface area contributed by atoms with E-state index in [4.69, 9.17) is 4.74 Å². The molecule has 1 saturated carbocycles. The fourth-order valence-electron chi connectivity index (χ4n) is 4.26. The lowest BCUT2D eigenvalue weighted by atomic mass is 9.96. The Balaban J connectivity index is 1.50. The van der Waals surface area contributed by atoms with Gasteiger partial charge in [-0.25, -0.2) is 17.5 Å². The van der Waals surface area contributed by atoms with Gasteiger partial charge in [0.25, 0.3) is 5.91 Å². The van der Waals surface area contributed by atoms with Gasteiger partial charge in [-0.15, -0.1) is 0 Å². The number of halogens is 1. The molecule has 180 valence electrons. The van der Waals surface area contributed by atoms with Gasteiger partial charge in [0.05, 0.1) is 13.4 Å². The van der Waals surface area contributed by atoms with Crippen LogP contribution in [0.1, 0.15) is 59.6 Å². The van der Waals surface area contributed by atoms with Crippen LogP contribution in [-0.2, 0) is 10.0 Å². The zero-order valence-corrected chi connectivity index (χ0v) is 20.0. The Morgan fingerprint density at radius 3 is 2.55 bits per heavy atom. The third-order valence-electron chi connectivity index (χ3n) is 5.97. The Kier molecular flexibility index (Phi) is 8.45. The maximum Gasteiger partial charge on any atom is 0.251 e. The molecule has 3 atom stereocenters. The highest BCUT2D eigenvalue weighted by molar-refractivity contribution is 7.88. The SMILES string of the molecule is COc1cc(F)cc([C@@H](C)N[C@H]2CC[C@@H](c3ccc(C(=O)NCCNS(C)(=O)=O)cc3)C2)c1. The molecule has 0 aliphatic heterocycles. The molecular formula is C24H32FN3O4S. The third-order valence-corrected chi connectivity index (χ3v) is 6.70. The molecule has 0 radical (unpaired) electrons. The van der Waals surface area contributed by atoms with Crippen molar-refractivity contribution >= 4 is 15.9 Å². The first-order valence-electron chi connectivity index (χ1n) is 11.1. The lowest BCUT2D eigenvalue weighted by Crippen LogP contribution is -2.34. The molecule has 0 unspecified atom stereocenters. The van der Waals surface area contributed by atoms with Gasteiger partial charge in [-0.3, -0.25) is 4.79 Å². The van der Waals surface area contributed by atoms with E-state index in [1.165, 1.54) is 24.8 Å². The Hall–Kier alpha value is -2.49. The summed E-state index contributed by atoms with van der Waals surface area (Å²) in [6, 6.07) is 12.7. The number of rotatable bonds is 10. The summed E-state index contributed by atoms with van der Waals surface area (Å²) >= 11 is 0. The van der Waals surface area contributed by atoms with E-state index in [1.807, 2.05) is 25.1 Å². The van der Waals surface area contributed by atoms with Gasteiger partial charge >= 0.3 is 0 Å². The van der Waals surface area contributed by atoms with Gasteiger partial charge in [-0.05, 0) is 67.5 Å². The average Bonchev–Trinajstić information content (AvgIpc) is 3.24. The number of carbonyl (C=O) groups is 1. The average molecular weight is 478 g/mol. The van der Waals surface area contributed by atoms with Crippen molar-refractivity contribution in [2.24, 2.45) is 0 Å². The zero-order valence-electron chi connectivity index (χ0n) is 19.2. The summed E-state index contributed by atoms with van der Waals surface area (Å²) < 4.78 is 43.5. The largest absolute Gasteiger partial charge is 0.497 e. The number of nitrogens with one attached hydrogen (secondary N) is 3. The number of carbonyl (C=O) groups excluding carboxylic acids is 1. The Morgan fingerprint density at radius 2 is 1.88 bits per heavy atom. The van der Waals surface area contributed by atoms with Crippen LogP contribution in [0.15, 0.2) is 42.5 Å². The smallest absolute Gasteiger partial charge is 0.251 e. The van der Waals surface area contributed by atoms with E-state index in [2.05, 4.69) is 15.4 Å². The van der Waals surface area contributed by atoms with Crippen molar-refractivity contribution in [2.45, 2.75) is 44.2 Å². The van der Waals surface area contributed by atoms with Crippen LogP contribution in [0.4, 0.5) is 4.39 Å². The van der Waals surface area contributed by atoms with Crippen LogP contribution in [0.3, 0.4) is 0 Å². The molecule has 0 saturated heterocycles. The van der Waals surface area contributed by atoms with Gasteiger partial charge in [-0.1, -0.05) is 12.1 Å². The number of ether oxygens (including phenoxy) is 1. The van der Waals surface area contributed by atoms with E-state index in [0.29, 0.717) is 23.3 Å². The molecule has 9 heteroatoms. The van der Waals surface area contributed by atoms with Gasteiger partial charge in [0, 0.05) is 36.8 Å². The monoisotopic (exact) mass is 477 g/mol. The van der Waals surface area contributed by atoms with Crippen LogP contribution in [0.2, 0.25) is 0 Å². The summed E-state index contributed by atoms with van der Waals surface area (Å²) in [5.41, 5.74) is 2.59. The van der Waals surface area contributed by atoms with Crippen molar-refractivity contribution in [1.82, 2.24) is 15.4 Å². The molecule has 2 aromatic rings. The molecule has 0 bridgehead atoms.